The molecule has 0 bridgehead atoms. The van der Waals surface area contributed by atoms with E-state index in [0.29, 0.717) is 6.54 Å². The van der Waals surface area contributed by atoms with Crippen LogP contribution in [0.5, 0.6) is 0 Å². The van der Waals surface area contributed by atoms with E-state index >= 15 is 0 Å². The van der Waals surface area contributed by atoms with Gasteiger partial charge in [-0.3, -0.25) is 4.79 Å². The van der Waals surface area contributed by atoms with Crippen LogP contribution >= 0.6 is 0 Å². The Hall–Kier alpha value is -1.89. The van der Waals surface area contributed by atoms with Crippen LogP contribution in [0.1, 0.15) is 17.4 Å². The van der Waals surface area contributed by atoms with E-state index in [9.17, 15) is 14.9 Å². The summed E-state index contributed by atoms with van der Waals surface area (Å²) in [5.74, 6) is -0.487. The van der Waals surface area contributed by atoms with Crippen molar-refractivity contribution in [1.82, 2.24) is 9.88 Å². The number of hydrogen-bond donors (Lipinski definition) is 2. The molecule has 0 spiro atoms. The van der Waals surface area contributed by atoms with Crippen LogP contribution in [-0.4, -0.2) is 28.0 Å². The minimum Gasteiger partial charge on any atom is -0.358 e. The topological polar surface area (TPSA) is 103 Å². The molecular formula is C9H14N4O3. The van der Waals surface area contributed by atoms with E-state index in [1.165, 1.54) is 23.7 Å². The Balaban J connectivity index is 2.81. The number of nitrogens with one attached hydrogen (secondary N) is 1. The second-order valence-corrected chi connectivity index (χ2v) is 3.58. The average Bonchev–Trinajstić information content (AvgIpc) is 2.56. The molecule has 1 aromatic heterocycles. The van der Waals surface area contributed by atoms with Crippen molar-refractivity contribution < 1.29 is 9.72 Å². The number of hydrogen-bond acceptors (Lipinski definition) is 4. The first kappa shape index (κ1) is 12.2. The molecule has 0 saturated heterocycles. The van der Waals surface area contributed by atoms with Crippen molar-refractivity contribution in [3.63, 3.8) is 0 Å². The molecule has 1 unspecified atom stereocenters. The van der Waals surface area contributed by atoms with Gasteiger partial charge in [0.1, 0.15) is 0 Å². The number of amides is 1. The zero-order valence-corrected chi connectivity index (χ0v) is 9.14. The molecule has 3 N–H and O–H groups in total. The number of nitrogens with zero attached hydrogens (tertiary/aromatic N) is 2. The Morgan fingerprint density at radius 3 is 2.75 bits per heavy atom. The lowest BCUT2D eigenvalue weighted by Gasteiger charge is -2.06. The summed E-state index contributed by atoms with van der Waals surface area (Å²) >= 11 is 0. The molecule has 0 aliphatic carbocycles. The van der Waals surface area contributed by atoms with Crippen LogP contribution in [0, 0.1) is 10.1 Å². The Kier molecular flexibility index (Phi) is 3.62. The predicted molar refractivity (Wildman–Crippen MR) is 58.1 cm³/mol. The summed E-state index contributed by atoms with van der Waals surface area (Å²) in [5.41, 5.74) is 5.72. The van der Waals surface area contributed by atoms with Crippen molar-refractivity contribution in [1.29, 1.82) is 0 Å². The van der Waals surface area contributed by atoms with Gasteiger partial charge in [-0.25, -0.2) is 4.57 Å². The smallest absolute Gasteiger partial charge is 0.323 e. The molecule has 1 heterocycles. The summed E-state index contributed by atoms with van der Waals surface area (Å²) in [6, 6.07) is 2.55. The van der Waals surface area contributed by atoms with Crippen LogP contribution in [-0.2, 0) is 7.05 Å². The molecule has 0 fully saturated rings. The molecule has 16 heavy (non-hydrogen) atoms. The number of rotatable bonds is 4. The predicted octanol–water partition coefficient (Wildman–Crippen LogP) is 0.0103. The van der Waals surface area contributed by atoms with E-state index in [0.717, 1.165) is 0 Å². The van der Waals surface area contributed by atoms with E-state index in [-0.39, 0.29) is 23.5 Å². The second kappa shape index (κ2) is 4.75. The first-order valence-corrected chi connectivity index (χ1v) is 4.77. The van der Waals surface area contributed by atoms with Gasteiger partial charge in [0.15, 0.2) is 5.69 Å². The molecular weight excluding hydrogens is 212 g/mol. The van der Waals surface area contributed by atoms with Crippen molar-refractivity contribution in [3.8, 4) is 0 Å². The zero-order chi connectivity index (χ0) is 12.3. The maximum absolute atomic E-state index is 11.6. The Bertz CT molecular complexity index is 411. The number of nitro groups is 1. The van der Waals surface area contributed by atoms with Crippen molar-refractivity contribution >= 4 is 11.7 Å². The van der Waals surface area contributed by atoms with Gasteiger partial charge in [0.2, 0.25) is 0 Å². The average molecular weight is 226 g/mol. The fourth-order valence-corrected chi connectivity index (χ4v) is 1.26. The standard InChI is InChI=1S/C9H14N4O3/c1-6(10)5-11-9(14)7-3-4-8(12(7)2)13(15)16/h3-4,6H,5,10H2,1-2H3,(H,11,14). The van der Waals surface area contributed by atoms with Gasteiger partial charge < -0.3 is 21.2 Å². The lowest BCUT2D eigenvalue weighted by atomic mass is 10.3. The summed E-state index contributed by atoms with van der Waals surface area (Å²) in [5, 5.41) is 13.1. The molecule has 88 valence electrons. The maximum atomic E-state index is 11.6. The minimum absolute atomic E-state index is 0.119. The molecule has 0 saturated carbocycles. The Labute approximate surface area is 92.4 Å². The third kappa shape index (κ3) is 2.57. The zero-order valence-electron chi connectivity index (χ0n) is 9.14. The van der Waals surface area contributed by atoms with Crippen molar-refractivity contribution in [2.75, 3.05) is 6.54 Å². The lowest BCUT2D eigenvalue weighted by molar-refractivity contribution is -0.391. The van der Waals surface area contributed by atoms with E-state index in [4.69, 9.17) is 5.73 Å². The molecule has 1 atom stereocenters. The fraction of sp³-hybridized carbons (Fsp3) is 0.444. The largest absolute Gasteiger partial charge is 0.358 e. The third-order valence-corrected chi connectivity index (χ3v) is 2.10. The number of aromatic nitrogens is 1. The third-order valence-electron chi connectivity index (χ3n) is 2.10. The summed E-state index contributed by atoms with van der Waals surface area (Å²) in [7, 11) is 1.47. The normalized spacial score (nSPS) is 12.2. The quantitative estimate of drug-likeness (QED) is 0.557. The van der Waals surface area contributed by atoms with E-state index < -0.39 is 4.92 Å². The molecule has 0 aromatic carbocycles. The molecule has 0 aliphatic rings. The van der Waals surface area contributed by atoms with Gasteiger partial charge in [-0.1, -0.05) is 0 Å². The van der Waals surface area contributed by atoms with Crippen LogP contribution in [0.15, 0.2) is 12.1 Å². The van der Waals surface area contributed by atoms with Crippen molar-refractivity contribution in [2.24, 2.45) is 12.8 Å². The van der Waals surface area contributed by atoms with Crippen LogP contribution in [0.25, 0.3) is 0 Å². The summed E-state index contributed by atoms with van der Waals surface area (Å²) < 4.78 is 1.23. The Morgan fingerprint density at radius 2 is 2.31 bits per heavy atom. The summed E-state index contributed by atoms with van der Waals surface area (Å²) in [4.78, 5) is 21.6. The van der Waals surface area contributed by atoms with Gasteiger partial charge in [0, 0.05) is 18.7 Å². The van der Waals surface area contributed by atoms with Gasteiger partial charge in [-0.2, -0.15) is 0 Å². The monoisotopic (exact) mass is 226 g/mol. The number of carbonyl (C=O) groups is 1. The van der Waals surface area contributed by atoms with E-state index in [1.807, 2.05) is 0 Å². The first-order chi connectivity index (χ1) is 7.43. The highest BCUT2D eigenvalue weighted by atomic mass is 16.6. The maximum Gasteiger partial charge on any atom is 0.323 e. The van der Waals surface area contributed by atoms with E-state index in [2.05, 4.69) is 5.32 Å². The van der Waals surface area contributed by atoms with E-state index in [1.54, 1.807) is 6.92 Å². The fourth-order valence-electron chi connectivity index (χ4n) is 1.26. The van der Waals surface area contributed by atoms with Gasteiger partial charge >= 0.3 is 5.82 Å². The molecule has 1 aromatic rings. The van der Waals surface area contributed by atoms with Crippen LogP contribution < -0.4 is 11.1 Å². The van der Waals surface area contributed by atoms with Crippen LogP contribution in [0.4, 0.5) is 5.82 Å². The summed E-state index contributed by atoms with van der Waals surface area (Å²) in [6.45, 7) is 2.09. The van der Waals surface area contributed by atoms with Crippen LogP contribution in [0.3, 0.4) is 0 Å². The number of nitrogens with two attached hydrogens (primary N) is 1. The van der Waals surface area contributed by atoms with Gasteiger partial charge in [0.05, 0.1) is 7.05 Å². The van der Waals surface area contributed by atoms with Gasteiger partial charge in [-0.05, 0) is 17.9 Å². The molecule has 0 aliphatic heterocycles. The van der Waals surface area contributed by atoms with Gasteiger partial charge in [0.25, 0.3) is 5.91 Å². The highest BCUT2D eigenvalue weighted by Gasteiger charge is 2.20. The molecule has 7 nitrogen and oxygen atoms in total. The molecule has 1 rings (SSSR count). The SMILES string of the molecule is CC(N)CNC(=O)c1ccc([N+](=O)[O-])n1C. The minimum atomic E-state index is -0.539. The summed E-state index contributed by atoms with van der Waals surface area (Å²) in [6.07, 6.45) is 0. The number of carbonyl (C=O) groups excluding carboxylic acids is 1. The first-order valence-electron chi connectivity index (χ1n) is 4.77. The molecule has 7 heteroatoms. The Morgan fingerprint density at radius 1 is 1.69 bits per heavy atom. The molecule has 0 radical (unpaired) electrons. The lowest BCUT2D eigenvalue weighted by Crippen LogP contribution is -2.35. The van der Waals surface area contributed by atoms with Crippen molar-refractivity contribution in [2.45, 2.75) is 13.0 Å². The van der Waals surface area contributed by atoms with Crippen molar-refractivity contribution in [3.05, 3.63) is 27.9 Å². The molecule has 1 amide bonds. The van der Waals surface area contributed by atoms with Crippen LogP contribution in [0.2, 0.25) is 0 Å². The highest BCUT2D eigenvalue weighted by molar-refractivity contribution is 5.93. The second-order valence-electron chi connectivity index (χ2n) is 3.58. The van der Waals surface area contributed by atoms with Gasteiger partial charge in [-0.15, -0.1) is 0 Å². The highest BCUT2D eigenvalue weighted by Crippen LogP contribution is 2.14.